The summed E-state index contributed by atoms with van der Waals surface area (Å²) in [5.74, 6) is -0.276. The minimum Gasteiger partial charge on any atom is -0.354 e. The molecule has 0 bridgehead atoms. The SMILES string of the molecule is Cc1nn(CCCNC(=O)C(C)n2ncc([N+](=O)[O-])c2C)c(Cl)c1Cl. The van der Waals surface area contributed by atoms with Gasteiger partial charge in [-0.25, -0.2) is 0 Å². The Kier molecular flexibility index (Phi) is 6.02. The third-order valence-electron chi connectivity index (χ3n) is 3.80. The number of rotatable bonds is 7. The molecule has 0 aliphatic heterocycles. The van der Waals surface area contributed by atoms with Crippen molar-refractivity contribution < 1.29 is 9.72 Å². The molecule has 2 rings (SSSR count). The van der Waals surface area contributed by atoms with Gasteiger partial charge < -0.3 is 5.32 Å². The second kappa shape index (κ2) is 7.83. The molecule has 1 N–H and O–H groups in total. The van der Waals surface area contributed by atoms with Crippen molar-refractivity contribution in [2.24, 2.45) is 0 Å². The van der Waals surface area contributed by atoms with Crippen LogP contribution in [0.1, 0.15) is 30.8 Å². The molecule has 1 amide bonds. The van der Waals surface area contributed by atoms with E-state index in [0.717, 1.165) is 6.20 Å². The summed E-state index contributed by atoms with van der Waals surface area (Å²) in [4.78, 5) is 22.5. The molecule has 0 spiro atoms. The van der Waals surface area contributed by atoms with E-state index in [4.69, 9.17) is 23.2 Å². The molecule has 0 fully saturated rings. The van der Waals surface area contributed by atoms with Crippen molar-refractivity contribution >= 4 is 34.8 Å². The van der Waals surface area contributed by atoms with Crippen LogP contribution in [0.15, 0.2) is 6.20 Å². The number of amides is 1. The van der Waals surface area contributed by atoms with Crippen LogP contribution in [0.5, 0.6) is 0 Å². The van der Waals surface area contributed by atoms with Gasteiger partial charge in [-0.3, -0.25) is 24.3 Å². The second-order valence-corrected chi connectivity index (χ2v) is 6.29. The Morgan fingerprint density at radius 1 is 1.44 bits per heavy atom. The van der Waals surface area contributed by atoms with Gasteiger partial charge in [0.25, 0.3) is 0 Å². The highest BCUT2D eigenvalue weighted by Crippen LogP contribution is 2.25. The highest BCUT2D eigenvalue weighted by atomic mass is 35.5. The Balaban J connectivity index is 1.87. The van der Waals surface area contributed by atoms with E-state index in [1.807, 2.05) is 0 Å². The number of nitro groups is 1. The Labute approximate surface area is 154 Å². The number of nitrogens with one attached hydrogen (secondary N) is 1. The second-order valence-electron chi connectivity index (χ2n) is 5.55. The molecular weight excluding hydrogens is 371 g/mol. The zero-order valence-corrected chi connectivity index (χ0v) is 15.5. The maximum Gasteiger partial charge on any atom is 0.309 e. The van der Waals surface area contributed by atoms with E-state index in [2.05, 4.69) is 15.5 Å². The van der Waals surface area contributed by atoms with Crippen molar-refractivity contribution in [1.29, 1.82) is 0 Å². The maximum atomic E-state index is 12.2. The summed E-state index contributed by atoms with van der Waals surface area (Å²) in [6.07, 6.45) is 1.75. The molecule has 25 heavy (non-hydrogen) atoms. The van der Waals surface area contributed by atoms with Crippen molar-refractivity contribution in [2.75, 3.05) is 6.54 Å². The molecule has 0 saturated carbocycles. The molecule has 9 nitrogen and oxygen atoms in total. The van der Waals surface area contributed by atoms with Crippen LogP contribution in [0.25, 0.3) is 0 Å². The largest absolute Gasteiger partial charge is 0.354 e. The summed E-state index contributed by atoms with van der Waals surface area (Å²) in [6.45, 7) is 5.86. The van der Waals surface area contributed by atoms with Gasteiger partial charge in [0, 0.05) is 13.1 Å². The lowest BCUT2D eigenvalue weighted by molar-refractivity contribution is -0.385. The van der Waals surface area contributed by atoms with E-state index in [1.165, 1.54) is 4.68 Å². The maximum absolute atomic E-state index is 12.2. The smallest absolute Gasteiger partial charge is 0.309 e. The van der Waals surface area contributed by atoms with Gasteiger partial charge in [0.1, 0.15) is 28.1 Å². The van der Waals surface area contributed by atoms with E-state index >= 15 is 0 Å². The first-order valence-corrected chi connectivity index (χ1v) is 8.34. The van der Waals surface area contributed by atoms with Gasteiger partial charge in [0.15, 0.2) is 0 Å². The van der Waals surface area contributed by atoms with E-state index < -0.39 is 11.0 Å². The first kappa shape index (κ1) is 19.2. The summed E-state index contributed by atoms with van der Waals surface area (Å²) in [6, 6.07) is -0.654. The van der Waals surface area contributed by atoms with Crippen molar-refractivity contribution in [1.82, 2.24) is 24.9 Å². The molecule has 0 radical (unpaired) electrons. The van der Waals surface area contributed by atoms with Crippen molar-refractivity contribution in [3.63, 3.8) is 0 Å². The number of carbonyl (C=O) groups is 1. The summed E-state index contributed by atoms with van der Waals surface area (Å²) in [5.41, 5.74) is 0.876. The van der Waals surface area contributed by atoms with Crippen LogP contribution in [0.3, 0.4) is 0 Å². The van der Waals surface area contributed by atoms with E-state index in [9.17, 15) is 14.9 Å². The summed E-state index contributed by atoms with van der Waals surface area (Å²) < 4.78 is 2.91. The van der Waals surface area contributed by atoms with Gasteiger partial charge in [0.2, 0.25) is 5.91 Å². The van der Waals surface area contributed by atoms with Gasteiger partial charge in [-0.2, -0.15) is 10.2 Å². The van der Waals surface area contributed by atoms with Crippen molar-refractivity contribution in [3.05, 3.63) is 37.9 Å². The molecule has 1 atom stereocenters. The predicted molar refractivity (Wildman–Crippen MR) is 92.9 cm³/mol. The number of carbonyl (C=O) groups excluding carboxylic acids is 1. The Morgan fingerprint density at radius 2 is 2.12 bits per heavy atom. The average Bonchev–Trinajstić information content (AvgIpc) is 3.06. The summed E-state index contributed by atoms with van der Waals surface area (Å²) in [7, 11) is 0. The lowest BCUT2D eigenvalue weighted by Crippen LogP contribution is -2.33. The van der Waals surface area contributed by atoms with Crippen LogP contribution >= 0.6 is 23.2 Å². The first-order valence-electron chi connectivity index (χ1n) is 7.58. The van der Waals surface area contributed by atoms with Crippen LogP contribution in [0.4, 0.5) is 5.69 Å². The normalized spacial score (nSPS) is 12.2. The zero-order valence-electron chi connectivity index (χ0n) is 14.0. The minimum absolute atomic E-state index is 0.111. The van der Waals surface area contributed by atoms with Crippen LogP contribution in [0, 0.1) is 24.0 Å². The van der Waals surface area contributed by atoms with E-state index in [1.54, 1.807) is 25.5 Å². The van der Waals surface area contributed by atoms with Gasteiger partial charge in [-0.1, -0.05) is 23.2 Å². The molecule has 0 aliphatic carbocycles. The average molecular weight is 389 g/mol. The molecular formula is C14H18Cl2N6O3. The van der Waals surface area contributed by atoms with E-state index in [-0.39, 0.29) is 11.6 Å². The number of aromatic nitrogens is 4. The Morgan fingerprint density at radius 3 is 2.64 bits per heavy atom. The lowest BCUT2D eigenvalue weighted by atomic mass is 10.3. The van der Waals surface area contributed by atoms with Gasteiger partial charge in [-0.15, -0.1) is 0 Å². The van der Waals surface area contributed by atoms with Gasteiger partial charge in [-0.05, 0) is 27.2 Å². The minimum atomic E-state index is -0.654. The standard InChI is InChI=1S/C14H18Cl2N6O3/c1-8-12(15)13(16)20(19-8)6-4-5-17-14(23)10(3)21-9(2)11(7-18-21)22(24)25/h7,10H,4-6H2,1-3H3,(H,17,23). The Hall–Kier alpha value is -2.13. The Bertz CT molecular complexity index is 801. The molecule has 0 aliphatic rings. The monoisotopic (exact) mass is 388 g/mol. The van der Waals surface area contributed by atoms with Crippen LogP contribution in [-0.2, 0) is 11.3 Å². The fraction of sp³-hybridized carbons (Fsp3) is 0.500. The molecule has 0 saturated heterocycles. The summed E-state index contributed by atoms with van der Waals surface area (Å²) in [5, 5.41) is 22.5. The summed E-state index contributed by atoms with van der Waals surface area (Å²) >= 11 is 12.0. The fourth-order valence-electron chi connectivity index (χ4n) is 2.36. The zero-order chi connectivity index (χ0) is 18.7. The quantitative estimate of drug-likeness (QED) is 0.445. The van der Waals surface area contributed by atoms with Gasteiger partial charge in [0.05, 0.1) is 10.6 Å². The molecule has 136 valence electrons. The van der Waals surface area contributed by atoms with Crippen LogP contribution in [-0.4, -0.2) is 36.9 Å². The third kappa shape index (κ3) is 4.10. The molecule has 2 aromatic heterocycles. The number of hydrogen-bond donors (Lipinski definition) is 1. The first-order chi connectivity index (χ1) is 11.7. The van der Waals surface area contributed by atoms with Crippen molar-refractivity contribution in [3.8, 4) is 0 Å². The van der Waals surface area contributed by atoms with Gasteiger partial charge >= 0.3 is 5.69 Å². The number of hydrogen-bond acceptors (Lipinski definition) is 5. The van der Waals surface area contributed by atoms with Crippen LogP contribution < -0.4 is 5.32 Å². The topological polar surface area (TPSA) is 108 Å². The fourth-order valence-corrected chi connectivity index (χ4v) is 2.76. The number of nitrogens with zero attached hydrogens (tertiary/aromatic N) is 5. The number of halogens is 2. The molecule has 2 heterocycles. The molecule has 11 heteroatoms. The molecule has 0 aromatic carbocycles. The lowest BCUT2D eigenvalue weighted by Gasteiger charge is -2.14. The van der Waals surface area contributed by atoms with Crippen LogP contribution in [0.2, 0.25) is 10.2 Å². The highest BCUT2D eigenvalue weighted by molar-refractivity contribution is 6.41. The third-order valence-corrected chi connectivity index (χ3v) is 4.74. The van der Waals surface area contributed by atoms with E-state index in [0.29, 0.717) is 41.1 Å². The molecule has 1 unspecified atom stereocenters. The highest BCUT2D eigenvalue weighted by Gasteiger charge is 2.23. The predicted octanol–water partition coefficient (Wildman–Crippen LogP) is 2.68. The number of aryl methyl sites for hydroxylation is 2. The van der Waals surface area contributed by atoms with Crippen molar-refractivity contribution in [2.45, 2.75) is 39.8 Å². The molecule has 2 aromatic rings.